The Bertz CT molecular complexity index is 455. The third-order valence-corrected chi connectivity index (χ3v) is 6.96. The first-order valence-corrected chi connectivity index (χ1v) is 12.1. The molecule has 0 saturated heterocycles. The summed E-state index contributed by atoms with van der Waals surface area (Å²) < 4.78 is 0. The number of carboxylic acids is 2. The van der Waals surface area contributed by atoms with Crippen molar-refractivity contribution in [2.24, 2.45) is 23.7 Å². The molecule has 0 amide bonds. The van der Waals surface area contributed by atoms with E-state index in [0.717, 1.165) is 31.6 Å². The molecule has 0 spiro atoms. The molecule has 4 N–H and O–H groups in total. The van der Waals surface area contributed by atoms with E-state index in [1.165, 1.54) is 51.4 Å². The fraction of sp³-hybridized carbons (Fsp3) is 0.917. The molecule has 0 aromatic rings. The van der Waals surface area contributed by atoms with Gasteiger partial charge in [0.25, 0.3) is 0 Å². The van der Waals surface area contributed by atoms with Gasteiger partial charge in [0.1, 0.15) is 0 Å². The summed E-state index contributed by atoms with van der Waals surface area (Å²) in [5.74, 6) is -0.179. The predicted molar refractivity (Wildman–Crippen MR) is 117 cm³/mol. The highest BCUT2D eigenvalue weighted by molar-refractivity contribution is 5.69. The van der Waals surface area contributed by atoms with Crippen molar-refractivity contribution in [1.82, 2.24) is 0 Å². The van der Waals surface area contributed by atoms with Gasteiger partial charge >= 0.3 is 11.9 Å². The lowest BCUT2D eigenvalue weighted by molar-refractivity contribution is -0.142. The van der Waals surface area contributed by atoms with Crippen LogP contribution >= 0.6 is 0 Å². The zero-order valence-electron chi connectivity index (χ0n) is 18.6. The Kier molecular flexibility index (Phi) is 14.8. The first-order valence-electron chi connectivity index (χ1n) is 12.1. The van der Waals surface area contributed by atoms with Gasteiger partial charge in [0.15, 0.2) is 0 Å². The maximum absolute atomic E-state index is 11.0. The lowest BCUT2D eigenvalue weighted by Crippen LogP contribution is -2.21. The zero-order valence-corrected chi connectivity index (χ0v) is 18.6. The Morgan fingerprint density at radius 1 is 0.767 bits per heavy atom. The number of carboxylic acid groups (broad SMARTS) is 2. The molecule has 0 aromatic carbocycles. The minimum absolute atomic E-state index is 0.104. The fourth-order valence-electron chi connectivity index (χ4n) is 5.14. The van der Waals surface area contributed by atoms with E-state index in [4.69, 9.17) is 20.4 Å². The Labute approximate surface area is 182 Å². The molecule has 0 bridgehead atoms. The van der Waals surface area contributed by atoms with E-state index in [-0.39, 0.29) is 31.5 Å². The van der Waals surface area contributed by atoms with E-state index in [1.54, 1.807) is 0 Å². The van der Waals surface area contributed by atoms with E-state index in [2.05, 4.69) is 0 Å². The largest absolute Gasteiger partial charge is 0.481 e. The first kappa shape index (κ1) is 26.9. The van der Waals surface area contributed by atoms with Crippen molar-refractivity contribution in [3.05, 3.63) is 0 Å². The molecule has 176 valence electrons. The summed E-state index contributed by atoms with van der Waals surface area (Å²) >= 11 is 0. The van der Waals surface area contributed by atoms with Gasteiger partial charge in [-0.2, -0.15) is 0 Å². The molecule has 0 aliphatic heterocycles. The van der Waals surface area contributed by atoms with Crippen LogP contribution in [0.15, 0.2) is 0 Å². The highest BCUT2D eigenvalue weighted by atomic mass is 16.4. The molecule has 2 aliphatic rings. The van der Waals surface area contributed by atoms with Crippen LogP contribution in [0.3, 0.4) is 0 Å². The highest BCUT2D eigenvalue weighted by Gasteiger charge is 2.25. The quantitative estimate of drug-likeness (QED) is 0.353. The standard InChI is InChI=1S/C13H24O3.C11H20O3/c14-10-4-7-12(13(15)16)9-8-11-5-2-1-3-6-11;12-7-6-10(8-11(13)14)9-4-2-1-3-5-9/h11-12,14H,1-10H2,(H,15,16);9-10,12H,1-8H2,(H,13,14). The van der Waals surface area contributed by atoms with E-state index in [1.807, 2.05) is 0 Å². The van der Waals surface area contributed by atoms with Crippen LogP contribution in [0.4, 0.5) is 0 Å². The number of hydrogen-bond acceptors (Lipinski definition) is 4. The zero-order chi connectivity index (χ0) is 22.2. The molecule has 2 atom stereocenters. The topological polar surface area (TPSA) is 115 Å². The minimum Gasteiger partial charge on any atom is -0.481 e. The first-order chi connectivity index (χ1) is 14.5. The van der Waals surface area contributed by atoms with Crippen LogP contribution in [-0.2, 0) is 9.59 Å². The van der Waals surface area contributed by atoms with Crippen molar-refractivity contribution in [2.45, 2.75) is 103 Å². The highest BCUT2D eigenvalue weighted by Crippen LogP contribution is 2.33. The summed E-state index contributed by atoms with van der Waals surface area (Å²) in [6.07, 6.45) is 16.6. The molecule has 6 heteroatoms. The average molecular weight is 429 g/mol. The normalized spacial score (nSPS) is 20.1. The van der Waals surface area contributed by atoms with Crippen molar-refractivity contribution in [3.8, 4) is 0 Å². The van der Waals surface area contributed by atoms with E-state index < -0.39 is 11.9 Å². The second kappa shape index (κ2) is 16.5. The maximum Gasteiger partial charge on any atom is 0.306 e. The Balaban J connectivity index is 0.000000303. The molecule has 2 rings (SSSR count). The number of rotatable bonds is 12. The van der Waals surface area contributed by atoms with Gasteiger partial charge in [-0.1, -0.05) is 64.2 Å². The van der Waals surface area contributed by atoms with Crippen molar-refractivity contribution in [3.63, 3.8) is 0 Å². The van der Waals surface area contributed by atoms with Crippen molar-refractivity contribution < 1.29 is 30.0 Å². The van der Waals surface area contributed by atoms with Crippen LogP contribution in [0.1, 0.15) is 103 Å². The smallest absolute Gasteiger partial charge is 0.306 e. The summed E-state index contributed by atoms with van der Waals surface area (Å²) in [6, 6.07) is 0. The fourth-order valence-corrected chi connectivity index (χ4v) is 5.14. The summed E-state index contributed by atoms with van der Waals surface area (Å²) in [5.41, 5.74) is 0. The van der Waals surface area contributed by atoms with Gasteiger partial charge in [0, 0.05) is 19.6 Å². The molecular formula is C24H44O6. The Morgan fingerprint density at radius 2 is 1.37 bits per heavy atom. The monoisotopic (exact) mass is 428 g/mol. The van der Waals surface area contributed by atoms with Crippen LogP contribution < -0.4 is 0 Å². The average Bonchev–Trinajstić information content (AvgIpc) is 2.75. The Morgan fingerprint density at radius 3 is 1.87 bits per heavy atom. The predicted octanol–water partition coefficient (Wildman–Crippen LogP) is 4.86. The van der Waals surface area contributed by atoms with Gasteiger partial charge in [0.2, 0.25) is 0 Å². The molecule has 30 heavy (non-hydrogen) atoms. The van der Waals surface area contributed by atoms with E-state index >= 15 is 0 Å². The number of aliphatic hydroxyl groups is 2. The van der Waals surface area contributed by atoms with Crippen LogP contribution in [0.5, 0.6) is 0 Å². The summed E-state index contributed by atoms with van der Waals surface area (Å²) in [5, 5.41) is 35.4. The van der Waals surface area contributed by atoms with Gasteiger partial charge in [-0.25, -0.2) is 0 Å². The Hall–Kier alpha value is -1.14. The van der Waals surface area contributed by atoms with E-state index in [0.29, 0.717) is 25.2 Å². The number of aliphatic carboxylic acids is 2. The minimum atomic E-state index is -0.728. The van der Waals surface area contributed by atoms with Crippen LogP contribution in [0.2, 0.25) is 0 Å². The molecule has 2 fully saturated rings. The van der Waals surface area contributed by atoms with Crippen LogP contribution in [0.25, 0.3) is 0 Å². The third kappa shape index (κ3) is 11.9. The molecular weight excluding hydrogens is 384 g/mol. The molecule has 0 heterocycles. The molecule has 2 unspecified atom stereocenters. The van der Waals surface area contributed by atoms with Gasteiger partial charge < -0.3 is 20.4 Å². The van der Waals surface area contributed by atoms with Crippen molar-refractivity contribution >= 4 is 11.9 Å². The third-order valence-electron chi connectivity index (χ3n) is 6.96. The second-order valence-electron chi connectivity index (χ2n) is 9.25. The molecule has 0 aromatic heterocycles. The van der Waals surface area contributed by atoms with Crippen LogP contribution in [-0.4, -0.2) is 45.6 Å². The van der Waals surface area contributed by atoms with Gasteiger partial charge in [-0.15, -0.1) is 0 Å². The maximum atomic E-state index is 11.0. The van der Waals surface area contributed by atoms with Gasteiger partial charge in [0.05, 0.1) is 5.92 Å². The van der Waals surface area contributed by atoms with Gasteiger partial charge in [-0.3, -0.25) is 9.59 Å². The van der Waals surface area contributed by atoms with Gasteiger partial charge in [-0.05, 0) is 49.9 Å². The molecule has 2 saturated carbocycles. The number of aliphatic hydroxyl groups excluding tert-OH is 2. The second-order valence-corrected chi connectivity index (χ2v) is 9.25. The number of carbonyl (C=O) groups is 2. The number of hydrogen-bond donors (Lipinski definition) is 4. The lowest BCUT2D eigenvalue weighted by Gasteiger charge is -2.28. The van der Waals surface area contributed by atoms with Crippen LogP contribution in [0, 0.1) is 23.7 Å². The van der Waals surface area contributed by atoms with E-state index in [9.17, 15) is 9.59 Å². The molecule has 2 aliphatic carbocycles. The summed E-state index contributed by atoms with van der Waals surface area (Å²) in [7, 11) is 0. The summed E-state index contributed by atoms with van der Waals surface area (Å²) in [4.78, 5) is 21.6. The van der Waals surface area contributed by atoms with Crippen molar-refractivity contribution in [1.29, 1.82) is 0 Å². The SMILES string of the molecule is O=C(O)C(CCCO)CCC1CCCCC1.O=C(O)CC(CCO)C1CCCCC1. The van der Waals surface area contributed by atoms with Crippen molar-refractivity contribution in [2.75, 3.05) is 13.2 Å². The lowest BCUT2D eigenvalue weighted by atomic mass is 9.77. The molecule has 6 nitrogen and oxygen atoms in total. The molecule has 0 radical (unpaired) electrons. The summed E-state index contributed by atoms with van der Waals surface area (Å²) in [6.45, 7) is 0.224.